The van der Waals surface area contributed by atoms with E-state index in [0.717, 1.165) is 18.5 Å². The van der Waals surface area contributed by atoms with Crippen LogP contribution >= 0.6 is 0 Å². The Kier molecular flexibility index (Phi) is 3.47. The number of carbonyl (C=O) groups excluding carboxylic acids is 1. The molecule has 0 aromatic carbocycles. The number of rotatable bonds is 4. The van der Waals surface area contributed by atoms with Gasteiger partial charge in [0.1, 0.15) is 12.1 Å². The van der Waals surface area contributed by atoms with E-state index in [1.807, 2.05) is 37.8 Å². The van der Waals surface area contributed by atoms with E-state index in [4.69, 9.17) is 4.74 Å². The molecule has 0 amide bonds. The third-order valence-electron chi connectivity index (χ3n) is 2.88. The van der Waals surface area contributed by atoms with Crippen LogP contribution in [0, 0.1) is 6.92 Å². The van der Waals surface area contributed by atoms with Crippen LogP contribution < -0.4 is 5.32 Å². The van der Waals surface area contributed by atoms with Crippen LogP contribution in [-0.2, 0) is 16.1 Å². The van der Waals surface area contributed by atoms with Crippen molar-refractivity contribution in [2.24, 2.45) is 0 Å². The molecule has 2 rings (SSSR count). The van der Waals surface area contributed by atoms with Gasteiger partial charge in [0.25, 0.3) is 0 Å². The molecule has 0 aliphatic carbocycles. The van der Waals surface area contributed by atoms with Crippen molar-refractivity contribution in [1.29, 1.82) is 0 Å². The molecule has 1 N–H and O–H groups in total. The second kappa shape index (κ2) is 4.87. The first-order valence-electron chi connectivity index (χ1n) is 6.00. The van der Waals surface area contributed by atoms with Crippen LogP contribution in [0.4, 0.5) is 0 Å². The molecular weight excluding hydrogens is 218 g/mol. The number of carbonyl (C=O) groups is 1. The molecule has 1 aromatic rings. The number of nitrogens with one attached hydrogen (secondary N) is 1. The Morgan fingerprint density at radius 1 is 1.71 bits per heavy atom. The Balaban J connectivity index is 1.85. The molecule has 2 heterocycles. The van der Waals surface area contributed by atoms with E-state index in [-0.39, 0.29) is 24.2 Å². The monoisotopic (exact) mass is 237 g/mol. The first-order valence-corrected chi connectivity index (χ1v) is 6.00. The molecule has 0 bridgehead atoms. The summed E-state index contributed by atoms with van der Waals surface area (Å²) < 4.78 is 6.99. The molecule has 5 nitrogen and oxygen atoms in total. The third kappa shape index (κ3) is 3.06. The second-order valence-electron chi connectivity index (χ2n) is 4.84. The van der Waals surface area contributed by atoms with Gasteiger partial charge in [-0.2, -0.15) is 5.10 Å². The summed E-state index contributed by atoms with van der Waals surface area (Å²) >= 11 is 0. The Labute approximate surface area is 101 Å². The van der Waals surface area contributed by atoms with Gasteiger partial charge in [-0.05, 0) is 26.3 Å². The molecule has 0 saturated carbocycles. The first kappa shape index (κ1) is 12.1. The molecule has 0 spiro atoms. The van der Waals surface area contributed by atoms with Gasteiger partial charge in [-0.3, -0.25) is 14.8 Å². The van der Waals surface area contributed by atoms with Crippen LogP contribution in [0.15, 0.2) is 12.4 Å². The van der Waals surface area contributed by atoms with Crippen LogP contribution in [0.1, 0.15) is 25.8 Å². The molecule has 1 aliphatic heterocycles. The van der Waals surface area contributed by atoms with Gasteiger partial charge in [-0.1, -0.05) is 0 Å². The zero-order valence-corrected chi connectivity index (χ0v) is 10.5. The summed E-state index contributed by atoms with van der Waals surface area (Å²) in [5.74, 6) is -0.138. The summed E-state index contributed by atoms with van der Waals surface area (Å²) in [4.78, 5) is 11.5. The largest absolute Gasteiger partial charge is 0.461 e. The average molecular weight is 237 g/mol. The number of nitrogens with zero attached hydrogens (tertiary/aromatic N) is 2. The zero-order valence-electron chi connectivity index (χ0n) is 10.5. The minimum atomic E-state index is -0.170. The molecule has 1 aromatic heterocycles. The zero-order chi connectivity index (χ0) is 12.4. The predicted molar refractivity (Wildman–Crippen MR) is 63.5 cm³/mol. The van der Waals surface area contributed by atoms with E-state index < -0.39 is 0 Å². The Morgan fingerprint density at radius 2 is 2.47 bits per heavy atom. The molecule has 1 saturated heterocycles. The lowest BCUT2D eigenvalue weighted by Crippen LogP contribution is -2.41. The van der Waals surface area contributed by atoms with E-state index in [2.05, 4.69) is 10.4 Å². The molecular formula is C12H19N3O2. The number of ether oxygens (including phenoxy) is 1. The van der Waals surface area contributed by atoms with Gasteiger partial charge in [0.2, 0.25) is 0 Å². The highest BCUT2D eigenvalue weighted by Crippen LogP contribution is 2.14. The van der Waals surface area contributed by atoms with E-state index in [9.17, 15) is 4.79 Å². The fourth-order valence-electron chi connectivity index (χ4n) is 2.14. The summed E-state index contributed by atoms with van der Waals surface area (Å²) in [6.45, 7) is 6.73. The molecule has 1 fully saturated rings. The van der Waals surface area contributed by atoms with E-state index in [1.54, 1.807) is 0 Å². The topological polar surface area (TPSA) is 56.1 Å². The maximum absolute atomic E-state index is 11.5. The highest BCUT2D eigenvalue weighted by Gasteiger charge is 2.32. The highest BCUT2D eigenvalue weighted by molar-refractivity contribution is 5.77. The lowest BCUT2D eigenvalue weighted by Gasteiger charge is -2.16. The normalized spacial score (nSPS) is 25.9. The summed E-state index contributed by atoms with van der Waals surface area (Å²) in [7, 11) is 0. The Morgan fingerprint density at radius 3 is 3.00 bits per heavy atom. The minimum Gasteiger partial charge on any atom is -0.461 e. The SMILES string of the molecule is Cc1cnn(C[C@H](C)N[C@@H]2C[C@@H](C)OC2=O)c1. The van der Waals surface area contributed by atoms with Crippen LogP contribution in [0.2, 0.25) is 0 Å². The Bertz CT molecular complexity index is 402. The number of hydrogen-bond acceptors (Lipinski definition) is 4. The third-order valence-corrected chi connectivity index (χ3v) is 2.88. The summed E-state index contributed by atoms with van der Waals surface area (Å²) in [6, 6.07) is 0.0220. The van der Waals surface area contributed by atoms with Crippen molar-refractivity contribution >= 4 is 5.97 Å². The molecule has 0 unspecified atom stereocenters. The van der Waals surface area contributed by atoms with Crippen molar-refractivity contribution in [3.8, 4) is 0 Å². The lowest BCUT2D eigenvalue weighted by atomic mass is 10.1. The van der Waals surface area contributed by atoms with E-state index >= 15 is 0 Å². The van der Waals surface area contributed by atoms with Crippen molar-refractivity contribution in [2.45, 2.75) is 51.9 Å². The molecule has 17 heavy (non-hydrogen) atoms. The smallest absolute Gasteiger partial charge is 0.323 e. The van der Waals surface area contributed by atoms with Crippen molar-refractivity contribution < 1.29 is 9.53 Å². The van der Waals surface area contributed by atoms with E-state index in [1.165, 1.54) is 0 Å². The standard InChI is InChI=1S/C12H19N3O2/c1-8-5-13-15(6-8)7-9(2)14-11-4-10(3)17-12(11)16/h5-6,9-11,14H,4,7H2,1-3H3/t9-,10+,11+/m0/s1. The maximum atomic E-state index is 11.5. The van der Waals surface area contributed by atoms with Crippen molar-refractivity contribution in [2.75, 3.05) is 0 Å². The van der Waals surface area contributed by atoms with Crippen LogP contribution in [-0.4, -0.2) is 33.9 Å². The Hall–Kier alpha value is -1.36. The second-order valence-corrected chi connectivity index (χ2v) is 4.84. The van der Waals surface area contributed by atoms with Crippen LogP contribution in [0.5, 0.6) is 0 Å². The fourth-order valence-corrected chi connectivity index (χ4v) is 2.14. The van der Waals surface area contributed by atoms with Crippen LogP contribution in [0.3, 0.4) is 0 Å². The van der Waals surface area contributed by atoms with Gasteiger partial charge >= 0.3 is 5.97 Å². The molecule has 5 heteroatoms. The van der Waals surface area contributed by atoms with Gasteiger partial charge in [-0.15, -0.1) is 0 Å². The maximum Gasteiger partial charge on any atom is 0.323 e. The average Bonchev–Trinajstić information content (AvgIpc) is 2.74. The summed E-state index contributed by atoms with van der Waals surface area (Å²) in [5, 5.41) is 7.51. The summed E-state index contributed by atoms with van der Waals surface area (Å²) in [6.07, 6.45) is 4.60. The molecule has 94 valence electrons. The molecule has 0 radical (unpaired) electrons. The van der Waals surface area contributed by atoms with Gasteiger partial charge in [0.15, 0.2) is 0 Å². The quantitative estimate of drug-likeness (QED) is 0.790. The lowest BCUT2D eigenvalue weighted by molar-refractivity contribution is -0.142. The number of esters is 1. The first-order chi connectivity index (χ1) is 8.04. The number of aromatic nitrogens is 2. The van der Waals surface area contributed by atoms with Gasteiger partial charge in [-0.25, -0.2) is 0 Å². The molecule has 3 atom stereocenters. The van der Waals surface area contributed by atoms with Gasteiger partial charge in [0, 0.05) is 18.7 Å². The van der Waals surface area contributed by atoms with Crippen molar-refractivity contribution in [3.63, 3.8) is 0 Å². The van der Waals surface area contributed by atoms with Crippen LogP contribution in [0.25, 0.3) is 0 Å². The number of aryl methyl sites for hydroxylation is 1. The van der Waals surface area contributed by atoms with Gasteiger partial charge in [0.05, 0.1) is 12.7 Å². The highest BCUT2D eigenvalue weighted by atomic mass is 16.6. The minimum absolute atomic E-state index is 0.0270. The predicted octanol–water partition coefficient (Wildman–Crippen LogP) is 0.874. The van der Waals surface area contributed by atoms with E-state index in [0.29, 0.717) is 0 Å². The fraction of sp³-hybridized carbons (Fsp3) is 0.667. The summed E-state index contributed by atoms with van der Waals surface area (Å²) in [5.41, 5.74) is 1.14. The number of cyclic esters (lactones) is 1. The number of hydrogen-bond donors (Lipinski definition) is 1. The molecule has 1 aliphatic rings. The van der Waals surface area contributed by atoms with Gasteiger partial charge < -0.3 is 4.74 Å². The van der Waals surface area contributed by atoms with Crippen molar-refractivity contribution in [1.82, 2.24) is 15.1 Å². The van der Waals surface area contributed by atoms with Crippen molar-refractivity contribution in [3.05, 3.63) is 18.0 Å².